The van der Waals surface area contributed by atoms with E-state index < -0.39 is 34.9 Å². The number of fused-ring (bicyclic) bond motifs is 1. The molecule has 0 saturated heterocycles. The van der Waals surface area contributed by atoms with E-state index in [1.54, 1.807) is 12.1 Å². The molecule has 0 aliphatic heterocycles. The maximum Gasteiger partial charge on any atom is 0.420 e. The number of imidazole rings is 1. The van der Waals surface area contributed by atoms with Crippen molar-refractivity contribution in [1.29, 1.82) is 0 Å². The Morgan fingerprint density at radius 2 is 1.87 bits per heavy atom. The van der Waals surface area contributed by atoms with Crippen molar-refractivity contribution in [2.45, 2.75) is 6.18 Å². The molecule has 0 bridgehead atoms. The molecule has 3 heterocycles. The largest absolute Gasteiger partial charge is 0.476 e. The van der Waals surface area contributed by atoms with Crippen molar-refractivity contribution in [2.24, 2.45) is 0 Å². The van der Waals surface area contributed by atoms with E-state index in [4.69, 9.17) is 0 Å². The minimum Gasteiger partial charge on any atom is -0.476 e. The van der Waals surface area contributed by atoms with Crippen molar-refractivity contribution in [2.75, 3.05) is 0 Å². The maximum atomic E-state index is 13.8. The Labute approximate surface area is 172 Å². The number of carboxylic acids is 1. The van der Waals surface area contributed by atoms with Gasteiger partial charge < -0.3 is 5.11 Å². The summed E-state index contributed by atoms with van der Waals surface area (Å²) in [7, 11) is 0. The van der Waals surface area contributed by atoms with Crippen LogP contribution < -0.4 is 0 Å². The van der Waals surface area contributed by atoms with Crippen LogP contribution >= 0.6 is 0 Å². The number of hydrogen-bond acceptors (Lipinski definition) is 3. The Morgan fingerprint density at radius 3 is 2.52 bits per heavy atom. The van der Waals surface area contributed by atoms with Gasteiger partial charge in [-0.15, -0.1) is 0 Å². The van der Waals surface area contributed by atoms with E-state index in [-0.39, 0.29) is 16.8 Å². The number of hydrogen-bond donors (Lipinski definition) is 1. The molecule has 4 aromatic rings. The second-order valence-electron chi connectivity index (χ2n) is 6.45. The lowest BCUT2D eigenvalue weighted by molar-refractivity contribution is -0.136. The number of aromatic nitrogens is 3. The van der Waals surface area contributed by atoms with Crippen LogP contribution in [0.5, 0.6) is 0 Å². The highest BCUT2D eigenvalue weighted by molar-refractivity contribution is 5.90. The number of aromatic carboxylic acids is 1. The van der Waals surface area contributed by atoms with Crippen LogP contribution in [-0.2, 0) is 6.18 Å². The lowest BCUT2D eigenvalue weighted by atomic mass is 10.1. The molecule has 0 atom stereocenters. The minimum absolute atomic E-state index is 0.0260. The van der Waals surface area contributed by atoms with Crippen molar-refractivity contribution in [3.05, 3.63) is 89.4 Å². The van der Waals surface area contributed by atoms with Crippen LogP contribution in [0.3, 0.4) is 0 Å². The number of carbonyl (C=O) groups is 1. The normalized spacial score (nSPS) is 11.2. The van der Waals surface area contributed by atoms with Gasteiger partial charge in [0.2, 0.25) is 0 Å². The first-order chi connectivity index (χ1) is 14.7. The van der Waals surface area contributed by atoms with E-state index >= 15 is 0 Å². The minimum atomic E-state index is -4.83. The molecule has 0 aliphatic rings. The van der Waals surface area contributed by atoms with Gasteiger partial charge >= 0.3 is 12.1 Å². The zero-order valence-corrected chi connectivity index (χ0v) is 15.5. The number of pyridine rings is 2. The van der Waals surface area contributed by atoms with E-state index in [9.17, 15) is 27.5 Å². The fourth-order valence-electron chi connectivity index (χ4n) is 3.02. The third-order valence-corrected chi connectivity index (χ3v) is 4.37. The summed E-state index contributed by atoms with van der Waals surface area (Å²) >= 11 is 0. The molecule has 4 rings (SSSR count). The quantitative estimate of drug-likeness (QED) is 0.375. The fourth-order valence-corrected chi connectivity index (χ4v) is 3.02. The Bertz CT molecular complexity index is 1370. The second-order valence-corrected chi connectivity index (χ2v) is 6.45. The highest BCUT2D eigenvalue weighted by Crippen LogP contribution is 2.36. The number of alkyl halides is 3. The van der Waals surface area contributed by atoms with Gasteiger partial charge in [0, 0.05) is 24.2 Å². The third kappa shape index (κ3) is 3.96. The SMILES string of the molecule is O=C(O)c1nc2c(C(F)(F)F)cc(-c3cccc(F)c3)cn2c1C#Cc1cccnc1. The maximum absolute atomic E-state index is 13.8. The molecule has 0 unspecified atom stereocenters. The molecule has 1 N–H and O–H groups in total. The summed E-state index contributed by atoms with van der Waals surface area (Å²) < 4.78 is 55.9. The molecule has 154 valence electrons. The number of benzene rings is 1. The van der Waals surface area contributed by atoms with E-state index in [1.165, 1.54) is 30.7 Å². The number of halogens is 4. The van der Waals surface area contributed by atoms with Crippen molar-refractivity contribution < 1.29 is 27.5 Å². The zero-order valence-electron chi connectivity index (χ0n) is 15.5. The predicted molar refractivity (Wildman–Crippen MR) is 103 cm³/mol. The highest BCUT2D eigenvalue weighted by atomic mass is 19.4. The van der Waals surface area contributed by atoms with Crippen LogP contribution in [0.1, 0.15) is 27.3 Å². The van der Waals surface area contributed by atoms with E-state index in [1.807, 2.05) is 0 Å². The molecular formula is C22H11F4N3O2. The molecular weight excluding hydrogens is 414 g/mol. The molecule has 3 aromatic heterocycles. The fraction of sp³-hybridized carbons (Fsp3) is 0.0455. The summed E-state index contributed by atoms with van der Waals surface area (Å²) in [6.07, 6.45) is -0.634. The van der Waals surface area contributed by atoms with Gasteiger partial charge in [-0.3, -0.25) is 9.38 Å². The molecule has 0 radical (unpaired) electrons. The van der Waals surface area contributed by atoms with Crippen LogP contribution in [0.4, 0.5) is 17.6 Å². The average Bonchev–Trinajstić information content (AvgIpc) is 3.10. The Balaban J connectivity index is 2.04. The van der Waals surface area contributed by atoms with Gasteiger partial charge in [0.1, 0.15) is 11.5 Å². The van der Waals surface area contributed by atoms with Gasteiger partial charge in [-0.1, -0.05) is 18.1 Å². The molecule has 0 aliphatic carbocycles. The van der Waals surface area contributed by atoms with Gasteiger partial charge in [0.15, 0.2) is 11.3 Å². The van der Waals surface area contributed by atoms with E-state index in [2.05, 4.69) is 21.8 Å². The van der Waals surface area contributed by atoms with E-state index in [0.717, 1.165) is 22.6 Å². The highest BCUT2D eigenvalue weighted by Gasteiger charge is 2.36. The lowest BCUT2D eigenvalue weighted by Gasteiger charge is -2.12. The summed E-state index contributed by atoms with van der Waals surface area (Å²) in [5.74, 6) is 3.12. The predicted octanol–water partition coefficient (Wildman–Crippen LogP) is 4.65. The van der Waals surface area contributed by atoms with Crippen molar-refractivity contribution in [1.82, 2.24) is 14.4 Å². The Hall–Kier alpha value is -4.19. The number of nitrogens with zero attached hydrogens (tertiary/aromatic N) is 3. The summed E-state index contributed by atoms with van der Waals surface area (Å²) in [6, 6.07) is 9.08. The van der Waals surface area contributed by atoms with Gasteiger partial charge in [-0.25, -0.2) is 14.2 Å². The summed E-state index contributed by atoms with van der Waals surface area (Å²) in [4.78, 5) is 19.3. The number of carboxylic acid groups (broad SMARTS) is 1. The van der Waals surface area contributed by atoms with Crippen molar-refractivity contribution in [3.8, 4) is 23.0 Å². The molecule has 0 spiro atoms. The lowest BCUT2D eigenvalue weighted by Crippen LogP contribution is -2.09. The number of rotatable bonds is 2. The topological polar surface area (TPSA) is 67.5 Å². The zero-order chi connectivity index (χ0) is 22.2. The van der Waals surface area contributed by atoms with Gasteiger partial charge in [0.05, 0.1) is 5.56 Å². The molecule has 1 aromatic carbocycles. The van der Waals surface area contributed by atoms with Crippen LogP contribution in [0.15, 0.2) is 61.1 Å². The van der Waals surface area contributed by atoms with Gasteiger partial charge in [0.25, 0.3) is 0 Å². The first-order valence-corrected chi connectivity index (χ1v) is 8.78. The van der Waals surface area contributed by atoms with Crippen LogP contribution in [-0.4, -0.2) is 25.4 Å². The molecule has 31 heavy (non-hydrogen) atoms. The molecule has 0 saturated carbocycles. The molecule has 0 fully saturated rings. The first kappa shape index (κ1) is 20.1. The van der Waals surface area contributed by atoms with E-state index in [0.29, 0.717) is 5.56 Å². The summed E-state index contributed by atoms with van der Waals surface area (Å²) in [5, 5.41) is 9.49. The van der Waals surface area contributed by atoms with Crippen molar-refractivity contribution in [3.63, 3.8) is 0 Å². The standard InChI is InChI=1S/C22H11F4N3O2/c23-16-5-1-4-14(9-16)15-10-17(22(24,25)26)20-28-19(21(30)31)18(29(20)12-15)7-6-13-3-2-8-27-11-13/h1-5,8-12H,(H,30,31). The average molecular weight is 425 g/mol. The van der Waals surface area contributed by atoms with Gasteiger partial charge in [-0.05, 0) is 47.4 Å². The van der Waals surface area contributed by atoms with Crippen molar-refractivity contribution >= 4 is 11.6 Å². The summed E-state index contributed by atoms with van der Waals surface area (Å²) in [5.41, 5.74) is -1.99. The van der Waals surface area contributed by atoms with Crippen LogP contribution in [0.25, 0.3) is 16.8 Å². The smallest absolute Gasteiger partial charge is 0.420 e. The third-order valence-electron chi connectivity index (χ3n) is 4.37. The Morgan fingerprint density at radius 1 is 1.06 bits per heavy atom. The van der Waals surface area contributed by atoms with Crippen LogP contribution in [0, 0.1) is 17.7 Å². The first-order valence-electron chi connectivity index (χ1n) is 8.78. The van der Waals surface area contributed by atoms with Gasteiger partial charge in [-0.2, -0.15) is 13.2 Å². The monoisotopic (exact) mass is 425 g/mol. The molecule has 9 heteroatoms. The summed E-state index contributed by atoms with van der Waals surface area (Å²) in [6.45, 7) is 0. The van der Waals surface area contributed by atoms with Crippen LogP contribution in [0.2, 0.25) is 0 Å². The second kappa shape index (κ2) is 7.57. The Kier molecular flexibility index (Phi) is 4.91. The molecule has 0 amide bonds. The molecule has 5 nitrogen and oxygen atoms in total.